The van der Waals surface area contributed by atoms with Gasteiger partial charge in [-0.1, -0.05) is 23.9 Å². The monoisotopic (exact) mass is 333 g/mol. The molecule has 0 saturated heterocycles. The van der Waals surface area contributed by atoms with Crippen LogP contribution in [0.2, 0.25) is 0 Å². The predicted octanol–water partition coefficient (Wildman–Crippen LogP) is 3.28. The van der Waals surface area contributed by atoms with E-state index in [2.05, 4.69) is 19.9 Å². The molecule has 3 rings (SSSR count). The van der Waals surface area contributed by atoms with Crippen molar-refractivity contribution in [1.29, 1.82) is 0 Å². The number of aromatic nitrogens is 3. The molecule has 0 spiro atoms. The molecule has 3 aromatic rings. The van der Waals surface area contributed by atoms with Crippen LogP contribution in [0.4, 0.5) is 4.39 Å². The molecule has 23 heavy (non-hydrogen) atoms. The van der Waals surface area contributed by atoms with E-state index in [4.69, 9.17) is 4.42 Å². The summed E-state index contributed by atoms with van der Waals surface area (Å²) in [5.74, 6) is 0.0293. The van der Waals surface area contributed by atoms with Gasteiger partial charge in [0.15, 0.2) is 5.82 Å². The molecule has 8 heteroatoms. The van der Waals surface area contributed by atoms with Crippen molar-refractivity contribution in [2.75, 3.05) is 7.11 Å². The molecule has 0 unspecified atom stereocenters. The number of rotatable bonds is 5. The number of nitrogens with one attached hydrogen (secondary N) is 1. The van der Waals surface area contributed by atoms with Gasteiger partial charge in [0.05, 0.1) is 18.9 Å². The van der Waals surface area contributed by atoms with Gasteiger partial charge < -0.3 is 9.15 Å². The number of thioether (sulfide) groups is 1. The molecule has 2 heterocycles. The number of methoxy groups -OCH3 is 1. The number of esters is 1. The fourth-order valence-corrected chi connectivity index (χ4v) is 2.73. The summed E-state index contributed by atoms with van der Waals surface area (Å²) in [7, 11) is 1.29. The summed E-state index contributed by atoms with van der Waals surface area (Å²) in [6, 6.07) is 8.00. The van der Waals surface area contributed by atoms with E-state index >= 15 is 0 Å². The maximum Gasteiger partial charge on any atom is 0.374 e. The zero-order valence-corrected chi connectivity index (χ0v) is 12.9. The van der Waals surface area contributed by atoms with Crippen LogP contribution in [0.1, 0.15) is 16.1 Å². The summed E-state index contributed by atoms with van der Waals surface area (Å²) < 4.78 is 23.5. The molecule has 2 aromatic heterocycles. The molecular formula is C15H12FN3O3S. The highest BCUT2D eigenvalue weighted by molar-refractivity contribution is 7.98. The standard InChI is InChI=1S/C15H12FN3O3S/c1-21-14(20)12-9(6-7-22-12)8-23-15-17-13(18-19-15)10-4-2-3-5-11(10)16/h2-7H,8H2,1H3,(H,17,18,19). The SMILES string of the molecule is COC(=O)c1occc1CSc1n[nH]c(-c2ccccc2F)n1. The van der Waals surface area contributed by atoms with Crippen LogP contribution in [0.25, 0.3) is 11.4 Å². The first-order chi connectivity index (χ1) is 11.2. The van der Waals surface area contributed by atoms with E-state index in [1.165, 1.54) is 31.2 Å². The number of furan rings is 1. The average Bonchev–Trinajstić information content (AvgIpc) is 3.21. The second-order valence-electron chi connectivity index (χ2n) is 4.50. The van der Waals surface area contributed by atoms with Crippen LogP contribution < -0.4 is 0 Å². The van der Waals surface area contributed by atoms with E-state index in [-0.39, 0.29) is 11.6 Å². The number of ether oxygens (including phenoxy) is 1. The number of nitrogens with zero attached hydrogens (tertiary/aromatic N) is 2. The molecule has 0 aliphatic rings. The number of carbonyl (C=O) groups is 1. The molecule has 1 N–H and O–H groups in total. The zero-order valence-electron chi connectivity index (χ0n) is 12.1. The fourth-order valence-electron chi connectivity index (χ4n) is 1.95. The number of carbonyl (C=O) groups excluding carboxylic acids is 1. The van der Waals surface area contributed by atoms with Crippen molar-refractivity contribution in [1.82, 2.24) is 15.2 Å². The Kier molecular flexibility index (Phi) is 4.42. The minimum atomic E-state index is -0.535. The van der Waals surface area contributed by atoms with Crippen LogP contribution in [0, 0.1) is 5.82 Å². The minimum absolute atomic E-state index is 0.157. The number of benzene rings is 1. The molecule has 0 aliphatic heterocycles. The van der Waals surface area contributed by atoms with Gasteiger partial charge in [-0.05, 0) is 18.2 Å². The third-order valence-electron chi connectivity index (χ3n) is 3.07. The number of aromatic amines is 1. The van der Waals surface area contributed by atoms with Gasteiger partial charge in [0.2, 0.25) is 10.9 Å². The lowest BCUT2D eigenvalue weighted by Crippen LogP contribution is -2.02. The topological polar surface area (TPSA) is 81.0 Å². The summed E-state index contributed by atoms with van der Waals surface area (Å²) >= 11 is 1.30. The Bertz CT molecular complexity index is 831. The number of hydrogen-bond acceptors (Lipinski definition) is 6. The Hall–Kier alpha value is -2.61. The number of hydrogen-bond donors (Lipinski definition) is 1. The Morgan fingerprint density at radius 1 is 1.39 bits per heavy atom. The van der Waals surface area contributed by atoms with Crippen LogP contribution in [0.3, 0.4) is 0 Å². The van der Waals surface area contributed by atoms with Crippen molar-refractivity contribution in [3.05, 3.63) is 53.7 Å². The molecule has 0 aliphatic carbocycles. The van der Waals surface area contributed by atoms with E-state index < -0.39 is 5.97 Å². The van der Waals surface area contributed by atoms with E-state index in [9.17, 15) is 9.18 Å². The van der Waals surface area contributed by atoms with Gasteiger partial charge in [0.25, 0.3) is 0 Å². The second-order valence-corrected chi connectivity index (χ2v) is 5.44. The van der Waals surface area contributed by atoms with E-state index in [0.717, 1.165) is 0 Å². The first-order valence-corrected chi connectivity index (χ1v) is 7.62. The quantitative estimate of drug-likeness (QED) is 0.570. The van der Waals surface area contributed by atoms with Gasteiger partial charge >= 0.3 is 5.97 Å². The molecule has 1 aromatic carbocycles. The zero-order chi connectivity index (χ0) is 16.2. The number of H-pyrrole nitrogens is 1. The van der Waals surface area contributed by atoms with E-state index in [1.54, 1.807) is 24.3 Å². The predicted molar refractivity (Wildman–Crippen MR) is 81.4 cm³/mol. The third-order valence-corrected chi connectivity index (χ3v) is 3.96. The third kappa shape index (κ3) is 3.26. The van der Waals surface area contributed by atoms with Crippen molar-refractivity contribution >= 4 is 17.7 Å². The van der Waals surface area contributed by atoms with Crippen molar-refractivity contribution < 1.29 is 18.3 Å². The lowest BCUT2D eigenvalue weighted by atomic mass is 10.2. The Labute approximate surface area is 135 Å². The summed E-state index contributed by atoms with van der Waals surface area (Å²) in [5, 5.41) is 7.19. The molecule has 118 valence electrons. The first-order valence-electron chi connectivity index (χ1n) is 6.64. The smallest absolute Gasteiger partial charge is 0.374 e. The van der Waals surface area contributed by atoms with Crippen LogP contribution in [0.15, 0.2) is 46.2 Å². The first kappa shape index (κ1) is 15.3. The van der Waals surface area contributed by atoms with Crippen molar-refractivity contribution in [3.8, 4) is 11.4 Å². The van der Waals surface area contributed by atoms with Gasteiger partial charge in [0, 0.05) is 11.3 Å². The second kappa shape index (κ2) is 6.66. The lowest BCUT2D eigenvalue weighted by molar-refractivity contribution is 0.0564. The summed E-state index contributed by atoms with van der Waals surface area (Å²) in [5.41, 5.74) is 1.03. The van der Waals surface area contributed by atoms with Crippen molar-refractivity contribution in [2.45, 2.75) is 10.9 Å². The highest BCUT2D eigenvalue weighted by Crippen LogP contribution is 2.25. The van der Waals surface area contributed by atoms with Crippen molar-refractivity contribution in [2.24, 2.45) is 0 Å². The van der Waals surface area contributed by atoms with Crippen molar-refractivity contribution in [3.63, 3.8) is 0 Å². The molecule has 0 radical (unpaired) electrons. The van der Waals surface area contributed by atoms with Gasteiger partial charge in [0.1, 0.15) is 5.82 Å². The largest absolute Gasteiger partial charge is 0.463 e. The maximum absolute atomic E-state index is 13.7. The summed E-state index contributed by atoms with van der Waals surface area (Å²) in [4.78, 5) is 15.8. The minimum Gasteiger partial charge on any atom is -0.463 e. The van der Waals surface area contributed by atoms with Crippen LogP contribution in [-0.2, 0) is 10.5 Å². The molecule has 0 saturated carbocycles. The Balaban J connectivity index is 1.72. The number of halogens is 1. The van der Waals surface area contributed by atoms with Crippen LogP contribution in [0.5, 0.6) is 0 Å². The highest BCUT2D eigenvalue weighted by Gasteiger charge is 2.17. The summed E-state index contributed by atoms with van der Waals surface area (Å²) in [6.07, 6.45) is 1.42. The lowest BCUT2D eigenvalue weighted by Gasteiger charge is -1.99. The van der Waals surface area contributed by atoms with Gasteiger partial charge in [-0.3, -0.25) is 5.10 Å². The normalized spacial score (nSPS) is 10.7. The Morgan fingerprint density at radius 2 is 2.22 bits per heavy atom. The van der Waals surface area contributed by atoms with Crippen LogP contribution >= 0.6 is 11.8 Å². The highest BCUT2D eigenvalue weighted by atomic mass is 32.2. The molecular weight excluding hydrogens is 321 g/mol. The maximum atomic E-state index is 13.7. The van der Waals surface area contributed by atoms with Gasteiger partial charge in [-0.15, -0.1) is 5.10 Å². The van der Waals surface area contributed by atoms with E-state index in [1.807, 2.05) is 0 Å². The Morgan fingerprint density at radius 3 is 3.00 bits per heavy atom. The molecule has 0 atom stereocenters. The van der Waals surface area contributed by atoms with Crippen LogP contribution in [-0.4, -0.2) is 28.3 Å². The van der Waals surface area contributed by atoms with Gasteiger partial charge in [-0.2, -0.15) is 0 Å². The molecule has 6 nitrogen and oxygen atoms in total. The summed E-state index contributed by atoms with van der Waals surface area (Å²) in [6.45, 7) is 0. The fraction of sp³-hybridized carbons (Fsp3) is 0.133. The molecule has 0 bridgehead atoms. The molecule has 0 amide bonds. The van der Waals surface area contributed by atoms with Gasteiger partial charge in [-0.25, -0.2) is 14.2 Å². The van der Waals surface area contributed by atoms with E-state index in [0.29, 0.717) is 27.9 Å². The average molecular weight is 333 g/mol. The molecule has 0 fully saturated rings.